The van der Waals surface area contributed by atoms with E-state index < -0.39 is 0 Å². The zero-order chi connectivity index (χ0) is 15.7. The number of halogens is 1. The van der Waals surface area contributed by atoms with Gasteiger partial charge >= 0.3 is 0 Å². The van der Waals surface area contributed by atoms with Gasteiger partial charge in [0.15, 0.2) is 0 Å². The molecular weight excluding hydrogens is 302 g/mol. The van der Waals surface area contributed by atoms with Crippen LogP contribution in [0.25, 0.3) is 0 Å². The molecule has 5 nitrogen and oxygen atoms in total. The highest BCUT2D eigenvalue weighted by Gasteiger charge is 2.23. The molecule has 0 atom stereocenters. The van der Waals surface area contributed by atoms with E-state index in [2.05, 4.69) is 9.98 Å². The van der Waals surface area contributed by atoms with Crippen molar-refractivity contribution in [3.8, 4) is 5.88 Å². The minimum absolute atomic E-state index is 0.0665. The number of carbonyl (C=O) groups is 1. The largest absolute Gasteiger partial charge is 0.481 e. The van der Waals surface area contributed by atoms with E-state index in [0.717, 1.165) is 11.3 Å². The number of hydrogen-bond donors (Lipinski definition) is 0. The van der Waals surface area contributed by atoms with Crippen molar-refractivity contribution >= 4 is 28.9 Å². The van der Waals surface area contributed by atoms with Gasteiger partial charge in [-0.1, -0.05) is 17.7 Å². The van der Waals surface area contributed by atoms with Gasteiger partial charge in [0.1, 0.15) is 6.54 Å². The van der Waals surface area contributed by atoms with Crippen molar-refractivity contribution < 1.29 is 9.53 Å². The molecule has 6 heteroatoms. The second kappa shape index (κ2) is 5.77. The van der Waals surface area contributed by atoms with Gasteiger partial charge in [0, 0.05) is 23.7 Å². The number of aromatic nitrogens is 1. The molecule has 0 aliphatic carbocycles. The number of benzene rings is 1. The highest BCUT2D eigenvalue weighted by molar-refractivity contribution is 6.31. The number of fused-ring (bicyclic) bond motifs is 1. The van der Waals surface area contributed by atoms with Gasteiger partial charge in [-0.15, -0.1) is 0 Å². The van der Waals surface area contributed by atoms with Gasteiger partial charge in [-0.25, -0.2) is 4.98 Å². The molecule has 0 bridgehead atoms. The third-order valence-electron chi connectivity index (χ3n) is 3.50. The van der Waals surface area contributed by atoms with Gasteiger partial charge in [0.25, 0.3) is 0 Å². The Morgan fingerprint density at radius 3 is 2.86 bits per heavy atom. The summed E-state index contributed by atoms with van der Waals surface area (Å²) in [5, 5.41) is 0.581. The SMILES string of the molecule is COc1cccc(C2=NCC(=O)N(C)c3ccc(Cl)cc32)n1. The molecule has 0 saturated heterocycles. The lowest BCUT2D eigenvalue weighted by molar-refractivity contribution is -0.116. The number of benzodiazepines with no additional fused rings is 1. The van der Waals surface area contributed by atoms with E-state index in [1.54, 1.807) is 37.3 Å². The fourth-order valence-corrected chi connectivity index (χ4v) is 2.51. The highest BCUT2D eigenvalue weighted by Crippen LogP contribution is 2.28. The Hall–Kier alpha value is -2.40. The van der Waals surface area contributed by atoms with Crippen molar-refractivity contribution in [2.45, 2.75) is 0 Å². The predicted molar refractivity (Wildman–Crippen MR) is 86.2 cm³/mol. The summed E-state index contributed by atoms with van der Waals surface area (Å²) in [5.41, 5.74) is 2.82. The molecule has 0 N–H and O–H groups in total. The maximum atomic E-state index is 12.1. The number of nitrogens with zero attached hydrogens (tertiary/aromatic N) is 3. The normalized spacial score (nSPS) is 14.2. The average molecular weight is 316 g/mol. The summed E-state index contributed by atoms with van der Waals surface area (Å²) in [5.74, 6) is 0.411. The molecule has 0 fully saturated rings. The monoisotopic (exact) mass is 315 g/mol. The van der Waals surface area contributed by atoms with Crippen LogP contribution in [0.4, 0.5) is 5.69 Å². The molecule has 2 heterocycles. The van der Waals surface area contributed by atoms with Gasteiger partial charge in [-0.05, 0) is 24.3 Å². The number of likely N-dealkylation sites (N-methyl/N-ethyl adjacent to an activating group) is 1. The number of carbonyl (C=O) groups excluding carboxylic acids is 1. The Labute approximate surface area is 133 Å². The van der Waals surface area contributed by atoms with E-state index in [4.69, 9.17) is 16.3 Å². The second-order valence-electron chi connectivity index (χ2n) is 4.84. The quantitative estimate of drug-likeness (QED) is 0.856. The number of ether oxygens (including phenoxy) is 1. The first-order valence-corrected chi connectivity index (χ1v) is 7.10. The van der Waals surface area contributed by atoms with Crippen LogP contribution in [0.3, 0.4) is 0 Å². The molecule has 1 aromatic heterocycles. The van der Waals surface area contributed by atoms with Crippen molar-refractivity contribution in [2.24, 2.45) is 4.99 Å². The van der Waals surface area contributed by atoms with Crippen molar-refractivity contribution in [2.75, 3.05) is 25.6 Å². The summed E-state index contributed by atoms with van der Waals surface area (Å²) in [6.45, 7) is 0.0665. The summed E-state index contributed by atoms with van der Waals surface area (Å²) in [4.78, 5) is 22.5. The summed E-state index contributed by atoms with van der Waals surface area (Å²) in [7, 11) is 3.29. The predicted octanol–water partition coefficient (Wildman–Crippen LogP) is 2.56. The van der Waals surface area contributed by atoms with Crippen LogP contribution in [0.1, 0.15) is 11.3 Å². The number of aliphatic imine (C=N–C) groups is 1. The van der Waals surface area contributed by atoms with E-state index in [1.807, 2.05) is 18.2 Å². The van der Waals surface area contributed by atoms with Crippen LogP contribution in [0.5, 0.6) is 5.88 Å². The van der Waals surface area contributed by atoms with Crippen molar-refractivity contribution in [3.05, 3.63) is 52.7 Å². The molecule has 3 rings (SSSR count). The fraction of sp³-hybridized carbons (Fsp3) is 0.188. The number of amides is 1. The van der Waals surface area contributed by atoms with Crippen LogP contribution in [0.2, 0.25) is 5.02 Å². The Balaban J connectivity index is 2.20. The standard InChI is InChI=1S/C16H14ClN3O2/c1-20-13-7-6-10(17)8-11(13)16(18-9-15(20)21)12-4-3-5-14(19-12)22-2/h3-8H,9H2,1-2H3. The zero-order valence-corrected chi connectivity index (χ0v) is 13.0. The Morgan fingerprint density at radius 2 is 2.09 bits per heavy atom. The number of methoxy groups -OCH3 is 1. The zero-order valence-electron chi connectivity index (χ0n) is 12.2. The Bertz CT molecular complexity index is 774. The minimum atomic E-state index is -0.0820. The van der Waals surface area contributed by atoms with Crippen molar-refractivity contribution in [3.63, 3.8) is 0 Å². The molecule has 0 spiro atoms. The smallest absolute Gasteiger partial charge is 0.248 e. The summed E-state index contributed by atoms with van der Waals surface area (Å²) < 4.78 is 5.16. The summed E-state index contributed by atoms with van der Waals surface area (Å²) >= 11 is 6.12. The van der Waals surface area contributed by atoms with Gasteiger partial charge in [0.05, 0.1) is 24.2 Å². The molecule has 1 aliphatic rings. The molecule has 0 saturated carbocycles. The molecule has 2 aromatic rings. The van der Waals surface area contributed by atoms with E-state index in [1.165, 1.54) is 0 Å². The van der Waals surface area contributed by atoms with Crippen LogP contribution in [0, 0.1) is 0 Å². The molecule has 1 aliphatic heterocycles. The third kappa shape index (κ3) is 2.55. The van der Waals surface area contributed by atoms with Crippen molar-refractivity contribution in [1.82, 2.24) is 4.98 Å². The topological polar surface area (TPSA) is 54.8 Å². The third-order valence-corrected chi connectivity index (χ3v) is 3.73. The second-order valence-corrected chi connectivity index (χ2v) is 5.28. The minimum Gasteiger partial charge on any atom is -0.481 e. The fourth-order valence-electron chi connectivity index (χ4n) is 2.34. The van der Waals surface area contributed by atoms with E-state index in [-0.39, 0.29) is 12.5 Å². The number of anilines is 1. The number of pyridine rings is 1. The molecule has 22 heavy (non-hydrogen) atoms. The molecule has 1 amide bonds. The summed E-state index contributed by atoms with van der Waals surface area (Å²) in [6.07, 6.45) is 0. The molecule has 0 radical (unpaired) electrons. The van der Waals surface area contributed by atoms with Crippen LogP contribution in [-0.4, -0.2) is 37.3 Å². The van der Waals surface area contributed by atoms with Crippen molar-refractivity contribution in [1.29, 1.82) is 0 Å². The van der Waals surface area contributed by atoms with Crippen LogP contribution >= 0.6 is 11.6 Å². The van der Waals surface area contributed by atoms with Crippen LogP contribution < -0.4 is 9.64 Å². The van der Waals surface area contributed by atoms with Crippen LogP contribution in [0.15, 0.2) is 41.4 Å². The Kier molecular flexibility index (Phi) is 3.81. The van der Waals surface area contributed by atoms with E-state index in [9.17, 15) is 4.79 Å². The lowest BCUT2D eigenvalue weighted by atomic mass is 10.0. The van der Waals surface area contributed by atoms with Gasteiger partial charge < -0.3 is 9.64 Å². The highest BCUT2D eigenvalue weighted by atomic mass is 35.5. The van der Waals surface area contributed by atoms with E-state index in [0.29, 0.717) is 22.3 Å². The number of hydrogen-bond acceptors (Lipinski definition) is 4. The van der Waals surface area contributed by atoms with E-state index >= 15 is 0 Å². The van der Waals surface area contributed by atoms with Gasteiger partial charge in [-0.2, -0.15) is 0 Å². The summed E-state index contributed by atoms with van der Waals surface area (Å²) in [6, 6.07) is 10.8. The maximum absolute atomic E-state index is 12.1. The average Bonchev–Trinajstić information content (AvgIpc) is 2.65. The lowest BCUT2D eigenvalue weighted by Crippen LogP contribution is -2.27. The molecular formula is C16H14ClN3O2. The molecule has 1 aromatic carbocycles. The molecule has 112 valence electrons. The van der Waals surface area contributed by atoms with Gasteiger partial charge in [0.2, 0.25) is 11.8 Å². The Morgan fingerprint density at radius 1 is 1.27 bits per heavy atom. The number of rotatable bonds is 2. The molecule has 0 unspecified atom stereocenters. The first-order valence-electron chi connectivity index (χ1n) is 6.72. The lowest BCUT2D eigenvalue weighted by Gasteiger charge is -2.18. The van der Waals surface area contributed by atoms with Gasteiger partial charge in [-0.3, -0.25) is 9.79 Å². The maximum Gasteiger partial charge on any atom is 0.248 e. The van der Waals surface area contributed by atoms with Crippen LogP contribution in [-0.2, 0) is 4.79 Å². The first-order chi connectivity index (χ1) is 10.6. The first kappa shape index (κ1) is 14.5.